The van der Waals surface area contributed by atoms with Crippen LogP contribution in [0, 0.1) is 0 Å². The Balaban J connectivity index is 1.60. The molecule has 0 spiro atoms. The van der Waals surface area contributed by atoms with Gasteiger partial charge < -0.3 is 14.4 Å². The third-order valence-corrected chi connectivity index (χ3v) is 6.80. The average Bonchev–Trinajstić information content (AvgIpc) is 3.22. The highest BCUT2D eigenvalue weighted by atomic mass is 35.5. The molecule has 0 radical (unpaired) electrons. The fourth-order valence-corrected chi connectivity index (χ4v) is 5.00. The molecular formula is C28H27ClN4O2. The number of carbonyl (C=O) groups excluding carboxylic acids is 2. The molecule has 1 unspecified atom stereocenters. The van der Waals surface area contributed by atoms with Crippen LogP contribution >= 0.6 is 11.6 Å². The average molecular weight is 487 g/mol. The second-order valence-electron chi connectivity index (χ2n) is 8.84. The Kier molecular flexibility index (Phi) is 6.55. The monoisotopic (exact) mass is 486 g/mol. The van der Waals surface area contributed by atoms with E-state index < -0.39 is 6.04 Å². The molecule has 2 amide bonds. The minimum absolute atomic E-state index is 0.00917. The molecule has 0 saturated carbocycles. The van der Waals surface area contributed by atoms with Crippen molar-refractivity contribution in [2.45, 2.75) is 19.4 Å². The standard InChI is InChI=1S/C28H27ClN4O2/c1-20(34)31-14-16-32(17-15-31)28(35)27(22-9-3-2-4-10-22)33-25-13-6-5-12-24(25)30-26(33)19-21-8-7-11-23(29)18-21/h2-13,18,27H,14-17,19H2,1H3. The first-order valence-electron chi connectivity index (χ1n) is 11.8. The van der Waals surface area contributed by atoms with Gasteiger partial charge in [-0.3, -0.25) is 9.59 Å². The molecule has 1 atom stereocenters. The highest BCUT2D eigenvalue weighted by Crippen LogP contribution is 2.30. The molecule has 4 aromatic rings. The summed E-state index contributed by atoms with van der Waals surface area (Å²) in [6, 6.07) is 25.0. The van der Waals surface area contributed by atoms with Gasteiger partial charge in [0.25, 0.3) is 0 Å². The van der Waals surface area contributed by atoms with Crippen molar-refractivity contribution in [1.82, 2.24) is 19.4 Å². The maximum atomic E-state index is 14.1. The number of para-hydroxylation sites is 2. The lowest BCUT2D eigenvalue weighted by molar-refractivity contribution is -0.139. The highest BCUT2D eigenvalue weighted by molar-refractivity contribution is 6.30. The summed E-state index contributed by atoms with van der Waals surface area (Å²) < 4.78 is 2.07. The van der Waals surface area contributed by atoms with Gasteiger partial charge in [-0.05, 0) is 35.4 Å². The number of hydrogen-bond acceptors (Lipinski definition) is 3. The summed E-state index contributed by atoms with van der Waals surface area (Å²) in [5.74, 6) is 0.856. The van der Waals surface area contributed by atoms with Gasteiger partial charge in [0.1, 0.15) is 11.9 Å². The largest absolute Gasteiger partial charge is 0.339 e. The number of benzene rings is 3. The maximum absolute atomic E-state index is 14.1. The van der Waals surface area contributed by atoms with Crippen LogP contribution in [-0.2, 0) is 16.0 Å². The van der Waals surface area contributed by atoms with Crippen molar-refractivity contribution in [2.24, 2.45) is 0 Å². The minimum Gasteiger partial charge on any atom is -0.339 e. The Morgan fingerprint density at radius 3 is 2.29 bits per heavy atom. The zero-order valence-corrected chi connectivity index (χ0v) is 20.4. The van der Waals surface area contributed by atoms with E-state index in [1.54, 1.807) is 11.8 Å². The van der Waals surface area contributed by atoms with Crippen LogP contribution in [-0.4, -0.2) is 57.3 Å². The van der Waals surface area contributed by atoms with E-state index in [9.17, 15) is 9.59 Å². The Labute approximate surface area is 209 Å². The second kappa shape index (κ2) is 9.92. The first-order chi connectivity index (χ1) is 17.0. The number of fused-ring (bicyclic) bond motifs is 1. The van der Waals surface area contributed by atoms with Crippen LogP contribution in [0.15, 0.2) is 78.9 Å². The third-order valence-electron chi connectivity index (χ3n) is 6.56. The van der Waals surface area contributed by atoms with Gasteiger partial charge in [-0.1, -0.05) is 66.2 Å². The van der Waals surface area contributed by atoms with Crippen molar-refractivity contribution < 1.29 is 9.59 Å². The molecule has 35 heavy (non-hydrogen) atoms. The summed E-state index contributed by atoms with van der Waals surface area (Å²) in [4.78, 5) is 34.5. The van der Waals surface area contributed by atoms with E-state index in [4.69, 9.17) is 16.6 Å². The lowest BCUT2D eigenvalue weighted by Gasteiger charge is -2.36. The molecule has 5 rings (SSSR count). The number of carbonyl (C=O) groups is 2. The maximum Gasteiger partial charge on any atom is 0.250 e. The van der Waals surface area contributed by atoms with E-state index >= 15 is 0 Å². The van der Waals surface area contributed by atoms with Gasteiger partial charge in [-0.25, -0.2) is 4.98 Å². The lowest BCUT2D eigenvalue weighted by Crippen LogP contribution is -2.51. The van der Waals surface area contributed by atoms with E-state index in [-0.39, 0.29) is 11.8 Å². The summed E-state index contributed by atoms with van der Waals surface area (Å²) in [6.07, 6.45) is 0.546. The zero-order valence-electron chi connectivity index (χ0n) is 19.6. The molecule has 1 aromatic heterocycles. The molecule has 1 saturated heterocycles. The predicted molar refractivity (Wildman–Crippen MR) is 137 cm³/mol. The second-order valence-corrected chi connectivity index (χ2v) is 9.27. The van der Waals surface area contributed by atoms with Crippen LogP contribution < -0.4 is 0 Å². The molecule has 0 bridgehead atoms. The number of nitrogens with zero attached hydrogens (tertiary/aromatic N) is 4. The van der Waals surface area contributed by atoms with Gasteiger partial charge in [-0.15, -0.1) is 0 Å². The molecule has 1 aliphatic heterocycles. The zero-order chi connectivity index (χ0) is 24.4. The van der Waals surface area contributed by atoms with Gasteiger partial charge in [0.15, 0.2) is 0 Å². The number of rotatable bonds is 5. The van der Waals surface area contributed by atoms with Crippen LogP contribution in [0.25, 0.3) is 11.0 Å². The van der Waals surface area contributed by atoms with Crippen molar-refractivity contribution in [3.8, 4) is 0 Å². The Morgan fingerprint density at radius 2 is 1.57 bits per heavy atom. The minimum atomic E-state index is -0.568. The van der Waals surface area contributed by atoms with Crippen LogP contribution in [0.1, 0.15) is 29.9 Å². The smallest absolute Gasteiger partial charge is 0.250 e. The number of imidazole rings is 1. The first kappa shape index (κ1) is 23.1. The third kappa shape index (κ3) is 4.80. The van der Waals surface area contributed by atoms with Gasteiger partial charge >= 0.3 is 0 Å². The summed E-state index contributed by atoms with van der Waals surface area (Å²) in [5, 5.41) is 0.671. The number of piperazine rings is 1. The van der Waals surface area contributed by atoms with Gasteiger partial charge in [0.05, 0.1) is 11.0 Å². The first-order valence-corrected chi connectivity index (χ1v) is 12.2. The molecule has 0 N–H and O–H groups in total. The van der Waals surface area contributed by atoms with Crippen molar-refractivity contribution in [3.63, 3.8) is 0 Å². The van der Waals surface area contributed by atoms with E-state index in [0.717, 1.165) is 28.0 Å². The predicted octanol–water partition coefficient (Wildman–Crippen LogP) is 4.56. The number of amides is 2. The molecule has 0 aliphatic carbocycles. The summed E-state index contributed by atoms with van der Waals surface area (Å²) >= 11 is 6.26. The van der Waals surface area contributed by atoms with Crippen molar-refractivity contribution in [3.05, 3.63) is 101 Å². The molecule has 6 nitrogen and oxygen atoms in total. The molecule has 7 heteroatoms. The number of hydrogen-bond donors (Lipinski definition) is 0. The normalized spacial score (nSPS) is 14.8. The number of halogens is 1. The fourth-order valence-electron chi connectivity index (χ4n) is 4.79. The van der Waals surface area contributed by atoms with Gasteiger partial charge in [-0.2, -0.15) is 0 Å². The van der Waals surface area contributed by atoms with E-state index in [1.165, 1.54) is 0 Å². The SMILES string of the molecule is CC(=O)N1CCN(C(=O)C(c2ccccc2)n2c(Cc3cccc(Cl)c3)nc3ccccc32)CC1. The van der Waals surface area contributed by atoms with Gasteiger partial charge in [0.2, 0.25) is 11.8 Å². The molecule has 1 aliphatic rings. The quantitative estimate of drug-likeness (QED) is 0.415. The lowest BCUT2D eigenvalue weighted by atomic mass is 10.0. The molecule has 2 heterocycles. The summed E-state index contributed by atoms with van der Waals surface area (Å²) in [5.41, 5.74) is 3.69. The molecule has 178 valence electrons. The van der Waals surface area contributed by atoms with E-state index in [0.29, 0.717) is 37.6 Å². The van der Waals surface area contributed by atoms with Crippen LogP contribution in [0.2, 0.25) is 5.02 Å². The highest BCUT2D eigenvalue weighted by Gasteiger charge is 2.33. The van der Waals surface area contributed by atoms with Crippen molar-refractivity contribution in [2.75, 3.05) is 26.2 Å². The summed E-state index contributed by atoms with van der Waals surface area (Å²) in [7, 11) is 0. The Bertz CT molecular complexity index is 1360. The fraction of sp³-hybridized carbons (Fsp3) is 0.250. The Hall–Kier alpha value is -3.64. The van der Waals surface area contributed by atoms with Crippen LogP contribution in [0.5, 0.6) is 0 Å². The summed E-state index contributed by atoms with van der Waals surface area (Å²) in [6.45, 7) is 3.69. The molecule has 1 fully saturated rings. The van der Waals surface area contributed by atoms with Gasteiger partial charge in [0, 0.05) is 44.5 Å². The van der Waals surface area contributed by atoms with E-state index in [2.05, 4.69) is 4.57 Å². The molecular weight excluding hydrogens is 460 g/mol. The molecule has 3 aromatic carbocycles. The van der Waals surface area contributed by atoms with Crippen LogP contribution in [0.3, 0.4) is 0 Å². The Morgan fingerprint density at radius 1 is 0.886 bits per heavy atom. The van der Waals surface area contributed by atoms with E-state index in [1.807, 2.05) is 83.8 Å². The van der Waals surface area contributed by atoms with Crippen molar-refractivity contribution >= 4 is 34.4 Å². The van der Waals surface area contributed by atoms with Crippen molar-refractivity contribution in [1.29, 1.82) is 0 Å². The van der Waals surface area contributed by atoms with Crippen LogP contribution in [0.4, 0.5) is 0 Å². The number of aromatic nitrogens is 2. The topological polar surface area (TPSA) is 58.4 Å².